The normalized spacial score (nSPS) is 11.2. The molecule has 20 heavy (non-hydrogen) atoms. The molecule has 0 N–H and O–H groups in total. The Morgan fingerprint density at radius 2 is 1.15 bits per heavy atom. The molecule has 0 aliphatic heterocycles. The molecule has 0 saturated heterocycles. The first-order valence-corrected chi connectivity index (χ1v) is 10.7. The molecule has 0 fully saturated rings. The van der Waals surface area contributed by atoms with Gasteiger partial charge in [0, 0.05) is 0 Å². The lowest BCUT2D eigenvalue weighted by molar-refractivity contribution is 0.623. The highest BCUT2D eigenvalue weighted by Gasteiger charge is 2.12. The molecule has 0 unspecified atom stereocenters. The van der Waals surface area contributed by atoms with Crippen molar-refractivity contribution in [2.24, 2.45) is 0 Å². The second kappa shape index (κ2) is 12.2. The van der Waals surface area contributed by atoms with Gasteiger partial charge in [0.15, 0.2) is 0 Å². The zero-order valence-corrected chi connectivity index (χ0v) is 14.7. The first-order valence-electron chi connectivity index (χ1n) is 8.78. The van der Waals surface area contributed by atoms with Crippen molar-refractivity contribution in [1.29, 1.82) is 0 Å². The summed E-state index contributed by atoms with van der Waals surface area (Å²) in [4.78, 5) is 0. The van der Waals surface area contributed by atoms with Gasteiger partial charge in [-0.1, -0.05) is 119 Å². The minimum Gasteiger partial charge on any atom is -0.0654 e. The van der Waals surface area contributed by atoms with Gasteiger partial charge in [-0.05, 0) is 0 Å². The summed E-state index contributed by atoms with van der Waals surface area (Å²) in [7, 11) is -0.287. The molecule has 113 valence electrons. The third kappa shape index (κ3) is 7.89. The van der Waals surface area contributed by atoms with Crippen LogP contribution in [-0.2, 0) is 0 Å². The van der Waals surface area contributed by atoms with Crippen molar-refractivity contribution in [1.82, 2.24) is 0 Å². The van der Waals surface area contributed by atoms with E-state index in [-0.39, 0.29) is 8.80 Å². The van der Waals surface area contributed by atoms with Gasteiger partial charge in [-0.15, -0.1) is 0 Å². The zero-order valence-electron chi connectivity index (χ0n) is 13.7. The summed E-state index contributed by atoms with van der Waals surface area (Å²) in [5.41, 5.74) is 0. The highest BCUT2D eigenvalue weighted by atomic mass is 28.3. The molecule has 0 atom stereocenters. The fourth-order valence-electron chi connectivity index (χ4n) is 2.79. The minimum absolute atomic E-state index is 0.287. The average molecular weight is 290 g/mol. The smallest absolute Gasteiger partial charge is 0.0654 e. The Morgan fingerprint density at radius 1 is 0.650 bits per heavy atom. The molecule has 0 saturated carbocycles. The standard InChI is InChI=1S/C19H33Si/c1-3-5-7-8-9-14-18-20(17-13-6-4-2)19-15-11-10-12-16-19/h10-12,15-16H,3-9,13-14,17-18H2,1-2H3. The first kappa shape index (κ1) is 17.5. The maximum Gasteiger partial charge on any atom is 0.0856 e. The van der Waals surface area contributed by atoms with Crippen LogP contribution >= 0.6 is 0 Å². The summed E-state index contributed by atoms with van der Waals surface area (Å²) in [6.45, 7) is 4.60. The highest BCUT2D eigenvalue weighted by Crippen LogP contribution is 2.14. The molecule has 0 spiro atoms. The van der Waals surface area contributed by atoms with Gasteiger partial charge in [-0.3, -0.25) is 0 Å². The Kier molecular flexibility index (Phi) is 10.7. The van der Waals surface area contributed by atoms with Crippen molar-refractivity contribution in [2.75, 3.05) is 0 Å². The van der Waals surface area contributed by atoms with Crippen LogP contribution in [-0.4, -0.2) is 8.80 Å². The summed E-state index contributed by atoms with van der Waals surface area (Å²) in [5.74, 6) is 0. The van der Waals surface area contributed by atoms with Gasteiger partial charge >= 0.3 is 0 Å². The van der Waals surface area contributed by atoms with Gasteiger partial charge in [0.25, 0.3) is 0 Å². The van der Waals surface area contributed by atoms with E-state index in [4.69, 9.17) is 0 Å². The molecule has 1 rings (SSSR count). The SMILES string of the molecule is CCCCCCCC[Si](CCCCC)c1ccccc1. The third-order valence-electron chi connectivity index (χ3n) is 4.10. The van der Waals surface area contributed by atoms with Crippen molar-refractivity contribution in [3.63, 3.8) is 0 Å². The monoisotopic (exact) mass is 289 g/mol. The van der Waals surface area contributed by atoms with Crippen molar-refractivity contribution in [2.45, 2.75) is 83.7 Å². The molecule has 0 amide bonds. The van der Waals surface area contributed by atoms with E-state index >= 15 is 0 Å². The molecule has 0 heterocycles. The lowest BCUT2D eigenvalue weighted by Crippen LogP contribution is -2.29. The molecule has 0 aromatic heterocycles. The zero-order chi connectivity index (χ0) is 14.5. The second-order valence-corrected chi connectivity index (χ2v) is 8.73. The van der Waals surface area contributed by atoms with Crippen LogP contribution in [0.2, 0.25) is 12.1 Å². The van der Waals surface area contributed by atoms with Crippen LogP contribution in [0.25, 0.3) is 0 Å². The van der Waals surface area contributed by atoms with Crippen LogP contribution in [0.5, 0.6) is 0 Å². The molecule has 1 aromatic rings. The molecular weight excluding hydrogens is 256 g/mol. The average Bonchev–Trinajstić information content (AvgIpc) is 2.50. The van der Waals surface area contributed by atoms with Gasteiger partial charge in [0.05, 0.1) is 8.80 Å². The van der Waals surface area contributed by atoms with Crippen LogP contribution in [0.4, 0.5) is 0 Å². The van der Waals surface area contributed by atoms with Crippen LogP contribution in [0.1, 0.15) is 71.6 Å². The Bertz CT molecular complexity index is 307. The lowest BCUT2D eigenvalue weighted by Gasteiger charge is -2.15. The number of hydrogen-bond acceptors (Lipinski definition) is 0. The Morgan fingerprint density at radius 3 is 1.80 bits per heavy atom. The predicted molar refractivity (Wildman–Crippen MR) is 94.3 cm³/mol. The molecule has 0 aliphatic rings. The van der Waals surface area contributed by atoms with Crippen molar-refractivity contribution in [3.05, 3.63) is 30.3 Å². The topological polar surface area (TPSA) is 0 Å². The number of rotatable bonds is 12. The largest absolute Gasteiger partial charge is 0.0856 e. The summed E-state index contributed by atoms with van der Waals surface area (Å²) in [6.07, 6.45) is 12.8. The molecule has 0 bridgehead atoms. The summed E-state index contributed by atoms with van der Waals surface area (Å²) < 4.78 is 0. The van der Waals surface area contributed by atoms with E-state index < -0.39 is 0 Å². The molecule has 0 aliphatic carbocycles. The number of unbranched alkanes of at least 4 members (excludes halogenated alkanes) is 7. The quantitative estimate of drug-likeness (QED) is 0.330. The second-order valence-electron chi connectivity index (χ2n) is 5.94. The van der Waals surface area contributed by atoms with E-state index in [0.29, 0.717) is 0 Å². The third-order valence-corrected chi connectivity index (χ3v) is 7.16. The molecule has 0 nitrogen and oxygen atoms in total. The van der Waals surface area contributed by atoms with Crippen molar-refractivity contribution >= 4 is 14.0 Å². The van der Waals surface area contributed by atoms with E-state index in [1.165, 1.54) is 69.9 Å². The molecule has 1 aromatic carbocycles. The maximum absolute atomic E-state index is 2.37. The maximum atomic E-state index is 2.37. The van der Waals surface area contributed by atoms with Gasteiger partial charge in [-0.25, -0.2) is 0 Å². The summed E-state index contributed by atoms with van der Waals surface area (Å²) >= 11 is 0. The Hall–Kier alpha value is -0.563. The van der Waals surface area contributed by atoms with Gasteiger partial charge in [0.1, 0.15) is 0 Å². The molecule has 1 heteroatoms. The Labute approximate surface area is 128 Å². The minimum atomic E-state index is -0.287. The van der Waals surface area contributed by atoms with Gasteiger partial charge in [-0.2, -0.15) is 0 Å². The van der Waals surface area contributed by atoms with Gasteiger partial charge in [0.2, 0.25) is 0 Å². The highest BCUT2D eigenvalue weighted by molar-refractivity contribution is 6.73. The summed E-state index contributed by atoms with van der Waals surface area (Å²) in [5, 5.41) is 1.67. The van der Waals surface area contributed by atoms with E-state index in [0.717, 1.165) is 0 Å². The number of hydrogen-bond donors (Lipinski definition) is 0. The van der Waals surface area contributed by atoms with Crippen LogP contribution < -0.4 is 5.19 Å². The van der Waals surface area contributed by atoms with Crippen molar-refractivity contribution in [3.8, 4) is 0 Å². The Balaban J connectivity index is 2.31. The van der Waals surface area contributed by atoms with E-state index in [1.807, 2.05) is 0 Å². The molecular formula is C19H33Si. The van der Waals surface area contributed by atoms with Gasteiger partial charge < -0.3 is 0 Å². The van der Waals surface area contributed by atoms with Crippen molar-refractivity contribution < 1.29 is 0 Å². The van der Waals surface area contributed by atoms with Crippen LogP contribution in [0.15, 0.2) is 30.3 Å². The predicted octanol–water partition coefficient (Wildman–Crippen LogP) is 5.94. The van der Waals surface area contributed by atoms with Crippen LogP contribution in [0.3, 0.4) is 0 Å². The van der Waals surface area contributed by atoms with Crippen LogP contribution in [0, 0.1) is 0 Å². The first-order chi connectivity index (χ1) is 9.88. The number of benzene rings is 1. The molecule has 1 radical (unpaired) electrons. The fourth-order valence-corrected chi connectivity index (χ4v) is 5.64. The lowest BCUT2D eigenvalue weighted by atomic mass is 10.1. The summed E-state index contributed by atoms with van der Waals surface area (Å²) in [6, 6.07) is 14.3. The van der Waals surface area contributed by atoms with E-state index in [9.17, 15) is 0 Å². The van der Waals surface area contributed by atoms with E-state index in [2.05, 4.69) is 44.2 Å². The fraction of sp³-hybridized carbons (Fsp3) is 0.684. The van der Waals surface area contributed by atoms with E-state index in [1.54, 1.807) is 5.19 Å².